The summed E-state index contributed by atoms with van der Waals surface area (Å²) in [5.74, 6) is 2.68. The number of ether oxygens (including phenoxy) is 1. The zero-order valence-corrected chi connectivity index (χ0v) is 16.4. The second kappa shape index (κ2) is 9.49. The molecule has 0 spiro atoms. The first-order valence-electron chi connectivity index (χ1n) is 9.85. The standard InChI is InChI=1S/C22H29N3O2/c1-17-15-23-22(24-16-17)25-11-9-19(10-12-25)4-3-13-27-21-7-5-20(6-8-21)14-18(2)26/h5-8,15-16,19H,3-4,9-14H2,1-2H3. The minimum Gasteiger partial charge on any atom is -0.494 e. The molecule has 0 bridgehead atoms. The lowest BCUT2D eigenvalue weighted by Crippen LogP contribution is -2.34. The van der Waals surface area contributed by atoms with Gasteiger partial charge in [0.25, 0.3) is 0 Å². The molecule has 5 heteroatoms. The molecule has 0 amide bonds. The molecule has 1 aliphatic rings. The van der Waals surface area contributed by atoms with Gasteiger partial charge in [-0.25, -0.2) is 9.97 Å². The lowest BCUT2D eigenvalue weighted by atomic mass is 9.92. The van der Waals surface area contributed by atoms with Gasteiger partial charge in [-0.1, -0.05) is 12.1 Å². The number of aromatic nitrogens is 2. The SMILES string of the molecule is CC(=O)Cc1ccc(OCCCC2CCN(c3ncc(C)cn3)CC2)cc1. The Bertz CT molecular complexity index is 720. The summed E-state index contributed by atoms with van der Waals surface area (Å²) in [6, 6.07) is 7.86. The monoisotopic (exact) mass is 367 g/mol. The van der Waals surface area contributed by atoms with Crippen molar-refractivity contribution < 1.29 is 9.53 Å². The van der Waals surface area contributed by atoms with Gasteiger partial charge < -0.3 is 9.64 Å². The normalized spacial score (nSPS) is 15.0. The van der Waals surface area contributed by atoms with Crippen LogP contribution in [0.3, 0.4) is 0 Å². The molecule has 0 atom stereocenters. The second-order valence-electron chi connectivity index (χ2n) is 7.50. The van der Waals surface area contributed by atoms with E-state index in [9.17, 15) is 4.79 Å². The number of ketones is 1. The van der Waals surface area contributed by atoms with E-state index in [2.05, 4.69) is 14.9 Å². The van der Waals surface area contributed by atoms with Crippen molar-refractivity contribution in [3.63, 3.8) is 0 Å². The largest absolute Gasteiger partial charge is 0.494 e. The van der Waals surface area contributed by atoms with Crippen LogP contribution in [0.25, 0.3) is 0 Å². The van der Waals surface area contributed by atoms with Crippen LogP contribution < -0.4 is 9.64 Å². The number of piperidine rings is 1. The van der Waals surface area contributed by atoms with E-state index in [1.807, 2.05) is 43.6 Å². The molecule has 3 rings (SSSR count). The van der Waals surface area contributed by atoms with Crippen LogP contribution in [-0.2, 0) is 11.2 Å². The Balaban J connectivity index is 1.33. The van der Waals surface area contributed by atoms with Crippen molar-refractivity contribution >= 4 is 11.7 Å². The molecule has 1 aliphatic heterocycles. The molecule has 2 heterocycles. The third-order valence-corrected chi connectivity index (χ3v) is 5.07. The molecule has 1 aromatic heterocycles. The van der Waals surface area contributed by atoms with Crippen molar-refractivity contribution in [1.82, 2.24) is 9.97 Å². The molecule has 1 saturated heterocycles. The molecular formula is C22H29N3O2. The van der Waals surface area contributed by atoms with Crippen LogP contribution in [0.2, 0.25) is 0 Å². The summed E-state index contributed by atoms with van der Waals surface area (Å²) in [6.07, 6.45) is 8.92. The molecule has 0 unspecified atom stereocenters. The minimum absolute atomic E-state index is 0.184. The van der Waals surface area contributed by atoms with Crippen molar-refractivity contribution in [3.8, 4) is 5.75 Å². The van der Waals surface area contributed by atoms with E-state index >= 15 is 0 Å². The Morgan fingerprint density at radius 3 is 2.44 bits per heavy atom. The second-order valence-corrected chi connectivity index (χ2v) is 7.50. The molecular weight excluding hydrogens is 338 g/mol. The number of rotatable bonds is 8. The van der Waals surface area contributed by atoms with Gasteiger partial charge in [0.05, 0.1) is 6.61 Å². The fourth-order valence-corrected chi connectivity index (χ4v) is 3.52. The molecule has 2 aromatic rings. The summed E-state index contributed by atoms with van der Waals surface area (Å²) in [4.78, 5) is 22.3. The number of anilines is 1. The predicted molar refractivity (Wildman–Crippen MR) is 107 cm³/mol. The Morgan fingerprint density at radius 2 is 1.81 bits per heavy atom. The third-order valence-electron chi connectivity index (χ3n) is 5.07. The van der Waals surface area contributed by atoms with Crippen LogP contribution in [0, 0.1) is 12.8 Å². The number of nitrogens with zero attached hydrogens (tertiary/aromatic N) is 3. The Kier molecular flexibility index (Phi) is 6.80. The quantitative estimate of drug-likeness (QED) is 0.660. The van der Waals surface area contributed by atoms with E-state index in [1.54, 1.807) is 6.92 Å². The molecule has 27 heavy (non-hydrogen) atoms. The lowest BCUT2D eigenvalue weighted by molar-refractivity contribution is -0.116. The maximum atomic E-state index is 11.1. The topological polar surface area (TPSA) is 55.3 Å². The van der Waals surface area contributed by atoms with Gasteiger partial charge in [0.2, 0.25) is 5.95 Å². The average Bonchev–Trinajstić information content (AvgIpc) is 2.67. The number of benzene rings is 1. The first-order chi connectivity index (χ1) is 13.1. The van der Waals surface area contributed by atoms with Crippen molar-refractivity contribution in [2.24, 2.45) is 5.92 Å². The van der Waals surface area contributed by atoms with Crippen LogP contribution in [0.1, 0.15) is 43.7 Å². The summed E-state index contributed by atoms with van der Waals surface area (Å²) >= 11 is 0. The van der Waals surface area contributed by atoms with Crippen molar-refractivity contribution in [2.75, 3.05) is 24.6 Å². The summed E-state index contributed by atoms with van der Waals surface area (Å²) in [5.41, 5.74) is 2.14. The number of hydrogen-bond donors (Lipinski definition) is 0. The molecule has 0 radical (unpaired) electrons. The maximum absolute atomic E-state index is 11.1. The van der Waals surface area contributed by atoms with Crippen LogP contribution in [0.5, 0.6) is 5.75 Å². The van der Waals surface area contributed by atoms with Gasteiger partial charge in [-0.05, 0) is 68.7 Å². The fourth-order valence-electron chi connectivity index (χ4n) is 3.52. The molecule has 0 N–H and O–H groups in total. The minimum atomic E-state index is 0.184. The van der Waals surface area contributed by atoms with E-state index in [0.717, 1.165) is 54.9 Å². The fraction of sp³-hybridized carbons (Fsp3) is 0.500. The molecule has 0 saturated carbocycles. The van der Waals surface area contributed by atoms with Crippen LogP contribution >= 0.6 is 0 Å². The highest BCUT2D eigenvalue weighted by Crippen LogP contribution is 2.24. The number of Topliss-reactive ketones (excluding diaryl/α,β-unsaturated/α-hetero) is 1. The van der Waals surface area contributed by atoms with Crippen molar-refractivity contribution in [1.29, 1.82) is 0 Å². The van der Waals surface area contributed by atoms with Crippen LogP contribution in [-0.4, -0.2) is 35.4 Å². The van der Waals surface area contributed by atoms with E-state index in [-0.39, 0.29) is 5.78 Å². The lowest BCUT2D eigenvalue weighted by Gasteiger charge is -2.32. The van der Waals surface area contributed by atoms with Gasteiger partial charge in [-0.2, -0.15) is 0 Å². The smallest absolute Gasteiger partial charge is 0.225 e. The highest BCUT2D eigenvalue weighted by atomic mass is 16.5. The molecule has 1 fully saturated rings. The van der Waals surface area contributed by atoms with Crippen LogP contribution in [0.4, 0.5) is 5.95 Å². The molecule has 144 valence electrons. The van der Waals surface area contributed by atoms with Gasteiger partial charge in [0, 0.05) is 31.9 Å². The number of hydrogen-bond acceptors (Lipinski definition) is 5. The first-order valence-corrected chi connectivity index (χ1v) is 9.85. The Morgan fingerprint density at radius 1 is 1.15 bits per heavy atom. The highest BCUT2D eigenvalue weighted by Gasteiger charge is 2.20. The molecule has 0 aliphatic carbocycles. The predicted octanol–water partition coefficient (Wildman–Crippen LogP) is 3.99. The highest BCUT2D eigenvalue weighted by molar-refractivity contribution is 5.78. The zero-order chi connectivity index (χ0) is 19.1. The first kappa shape index (κ1) is 19.3. The maximum Gasteiger partial charge on any atom is 0.225 e. The Labute approximate surface area is 161 Å². The van der Waals surface area contributed by atoms with Gasteiger partial charge in [-0.3, -0.25) is 4.79 Å². The van der Waals surface area contributed by atoms with Gasteiger partial charge in [0.15, 0.2) is 0 Å². The Hall–Kier alpha value is -2.43. The summed E-state index contributed by atoms with van der Waals surface area (Å²) < 4.78 is 5.84. The number of aryl methyl sites for hydroxylation is 1. The van der Waals surface area contributed by atoms with Crippen molar-refractivity contribution in [3.05, 3.63) is 47.8 Å². The summed E-state index contributed by atoms with van der Waals surface area (Å²) in [6.45, 7) is 6.44. The summed E-state index contributed by atoms with van der Waals surface area (Å²) in [5, 5.41) is 0. The van der Waals surface area contributed by atoms with E-state index in [1.165, 1.54) is 19.3 Å². The van der Waals surface area contributed by atoms with E-state index < -0.39 is 0 Å². The van der Waals surface area contributed by atoms with Gasteiger partial charge in [0.1, 0.15) is 11.5 Å². The molecule has 5 nitrogen and oxygen atoms in total. The summed E-state index contributed by atoms with van der Waals surface area (Å²) in [7, 11) is 0. The third kappa shape index (κ3) is 6.05. The van der Waals surface area contributed by atoms with Gasteiger partial charge >= 0.3 is 0 Å². The zero-order valence-electron chi connectivity index (χ0n) is 16.4. The van der Waals surface area contributed by atoms with Crippen LogP contribution in [0.15, 0.2) is 36.7 Å². The van der Waals surface area contributed by atoms with E-state index in [0.29, 0.717) is 6.42 Å². The van der Waals surface area contributed by atoms with Gasteiger partial charge in [-0.15, -0.1) is 0 Å². The molecule has 1 aromatic carbocycles. The van der Waals surface area contributed by atoms with E-state index in [4.69, 9.17) is 4.74 Å². The number of carbonyl (C=O) groups is 1. The van der Waals surface area contributed by atoms with Crippen molar-refractivity contribution in [2.45, 2.75) is 46.0 Å². The number of carbonyl (C=O) groups excluding carboxylic acids is 1. The average molecular weight is 367 g/mol.